The van der Waals surface area contributed by atoms with Gasteiger partial charge in [-0.15, -0.1) is 11.3 Å². The van der Waals surface area contributed by atoms with Gasteiger partial charge in [0, 0.05) is 11.6 Å². The molecule has 1 saturated heterocycles. The number of carbonyl (C=O) groups is 1. The number of amides is 1. The third kappa shape index (κ3) is 3.44. The van der Waals surface area contributed by atoms with Crippen LogP contribution >= 0.6 is 11.3 Å². The Morgan fingerprint density at radius 3 is 2.50 bits per heavy atom. The Bertz CT molecular complexity index is 1150. The van der Waals surface area contributed by atoms with Gasteiger partial charge >= 0.3 is 0 Å². The molecule has 0 radical (unpaired) electrons. The van der Waals surface area contributed by atoms with Gasteiger partial charge in [0.25, 0.3) is 12.3 Å². The van der Waals surface area contributed by atoms with Crippen molar-refractivity contribution in [3.63, 3.8) is 0 Å². The Kier molecular flexibility index (Phi) is 4.75. The number of aromatic nitrogens is 1. The first-order valence-corrected chi connectivity index (χ1v) is 11.5. The molecule has 1 aliphatic heterocycles. The molecular formula is C19H18F2N2O3S2. The lowest BCUT2D eigenvalue weighted by Gasteiger charge is -2.21. The van der Waals surface area contributed by atoms with Crippen molar-refractivity contribution in [1.29, 1.82) is 0 Å². The fourth-order valence-electron chi connectivity index (χ4n) is 3.77. The summed E-state index contributed by atoms with van der Waals surface area (Å²) in [5, 5.41) is 2.41. The topological polar surface area (TPSA) is 93.0 Å². The summed E-state index contributed by atoms with van der Waals surface area (Å²) in [6.07, 6.45) is 0.269. The molecule has 0 bridgehead atoms. The molecule has 0 spiro atoms. The summed E-state index contributed by atoms with van der Waals surface area (Å²) in [7, 11) is -2.99. The van der Waals surface area contributed by atoms with Crippen molar-refractivity contribution < 1.29 is 22.0 Å². The number of sulfone groups is 1. The highest BCUT2D eigenvalue weighted by Gasteiger charge is 2.27. The summed E-state index contributed by atoms with van der Waals surface area (Å²) in [4.78, 5) is 15.0. The lowest BCUT2D eigenvalue weighted by molar-refractivity contribution is 0.100. The number of aromatic amines is 1. The van der Waals surface area contributed by atoms with Gasteiger partial charge in [-0.05, 0) is 59.0 Å². The molecule has 5 nitrogen and oxygen atoms in total. The molecule has 1 aromatic carbocycles. The van der Waals surface area contributed by atoms with E-state index in [9.17, 15) is 22.0 Å². The first-order valence-electron chi connectivity index (χ1n) is 8.77. The van der Waals surface area contributed by atoms with Crippen molar-refractivity contribution in [1.82, 2.24) is 4.98 Å². The SMILES string of the molecule is NC(=O)c1cc(-c2csc(C(F)F)c2)cc2c(C3CCS(=O)(=O)CC3)c[nH]c12. The van der Waals surface area contributed by atoms with Crippen LogP contribution in [0.4, 0.5) is 8.78 Å². The highest BCUT2D eigenvalue weighted by atomic mass is 32.2. The van der Waals surface area contributed by atoms with Crippen molar-refractivity contribution in [3.05, 3.63) is 45.8 Å². The molecule has 1 fully saturated rings. The third-order valence-corrected chi connectivity index (χ3v) is 7.90. The number of nitrogens with one attached hydrogen (secondary N) is 1. The molecule has 0 unspecified atom stereocenters. The Balaban J connectivity index is 1.83. The van der Waals surface area contributed by atoms with Crippen LogP contribution in [0.25, 0.3) is 22.0 Å². The van der Waals surface area contributed by atoms with E-state index < -0.39 is 22.2 Å². The highest BCUT2D eigenvalue weighted by Crippen LogP contribution is 2.38. The largest absolute Gasteiger partial charge is 0.366 e. The normalized spacial score (nSPS) is 17.4. The number of hydrogen-bond acceptors (Lipinski definition) is 4. The number of H-pyrrole nitrogens is 1. The molecule has 0 aliphatic carbocycles. The van der Waals surface area contributed by atoms with Gasteiger partial charge in [0.2, 0.25) is 0 Å². The number of rotatable bonds is 4. The molecule has 148 valence electrons. The van der Waals surface area contributed by atoms with E-state index in [0.717, 1.165) is 22.3 Å². The summed E-state index contributed by atoms with van der Waals surface area (Å²) >= 11 is 0.966. The van der Waals surface area contributed by atoms with Gasteiger partial charge < -0.3 is 10.7 Å². The first kappa shape index (κ1) is 19.1. The number of fused-ring (bicyclic) bond motifs is 1. The maximum atomic E-state index is 13.0. The minimum absolute atomic E-state index is 0.0394. The van der Waals surface area contributed by atoms with Crippen molar-refractivity contribution in [2.75, 3.05) is 11.5 Å². The van der Waals surface area contributed by atoms with E-state index in [1.54, 1.807) is 17.6 Å². The van der Waals surface area contributed by atoms with E-state index in [1.165, 1.54) is 6.07 Å². The summed E-state index contributed by atoms with van der Waals surface area (Å²) < 4.78 is 49.4. The molecule has 0 atom stereocenters. The van der Waals surface area contributed by atoms with Gasteiger partial charge in [-0.2, -0.15) is 0 Å². The second-order valence-corrected chi connectivity index (χ2v) is 10.3. The zero-order chi connectivity index (χ0) is 20.1. The summed E-state index contributed by atoms with van der Waals surface area (Å²) in [6, 6.07) is 4.88. The number of nitrogens with two attached hydrogens (primary N) is 1. The third-order valence-electron chi connectivity index (χ3n) is 5.25. The van der Waals surface area contributed by atoms with Crippen molar-refractivity contribution >= 4 is 38.0 Å². The molecule has 3 N–H and O–H groups in total. The van der Waals surface area contributed by atoms with E-state index >= 15 is 0 Å². The van der Waals surface area contributed by atoms with Crippen molar-refractivity contribution in [2.24, 2.45) is 5.73 Å². The number of carbonyl (C=O) groups excluding carboxylic acids is 1. The van der Waals surface area contributed by atoms with Crippen LogP contribution in [-0.2, 0) is 9.84 Å². The zero-order valence-corrected chi connectivity index (χ0v) is 16.4. The van der Waals surface area contributed by atoms with Crippen molar-refractivity contribution in [2.45, 2.75) is 25.2 Å². The molecule has 1 amide bonds. The number of hydrogen-bond donors (Lipinski definition) is 2. The first-order chi connectivity index (χ1) is 13.2. The fraction of sp³-hybridized carbons (Fsp3) is 0.316. The van der Waals surface area contributed by atoms with E-state index in [0.29, 0.717) is 29.5 Å². The summed E-state index contributed by atoms with van der Waals surface area (Å²) in [5.41, 5.74) is 8.58. The highest BCUT2D eigenvalue weighted by molar-refractivity contribution is 7.91. The molecular weight excluding hydrogens is 406 g/mol. The van der Waals surface area contributed by atoms with Crippen LogP contribution in [0.2, 0.25) is 0 Å². The molecule has 2 aromatic heterocycles. The van der Waals surface area contributed by atoms with E-state index in [-0.39, 0.29) is 27.9 Å². The standard InChI is InChI=1S/C19H18F2N2O3S2/c20-18(21)16-7-12(9-27-16)11-5-13-15(10-1-3-28(25,26)4-2-10)8-23-17(13)14(6-11)19(22)24/h5-10,18,23H,1-4H2,(H2,22,24). The van der Waals surface area contributed by atoms with E-state index in [1.807, 2.05) is 6.07 Å². The molecule has 3 heterocycles. The van der Waals surface area contributed by atoms with Crippen LogP contribution in [0.1, 0.15) is 46.0 Å². The van der Waals surface area contributed by atoms with Crippen LogP contribution in [-0.4, -0.2) is 30.8 Å². The minimum atomic E-state index is -2.99. The Morgan fingerprint density at radius 2 is 1.89 bits per heavy atom. The molecule has 3 aromatic rings. The van der Waals surface area contributed by atoms with E-state index in [2.05, 4.69) is 4.98 Å². The molecule has 1 aliphatic rings. The van der Waals surface area contributed by atoms with Crippen LogP contribution in [0, 0.1) is 0 Å². The maximum Gasteiger partial charge on any atom is 0.272 e. The molecule has 9 heteroatoms. The predicted molar refractivity (Wildman–Crippen MR) is 106 cm³/mol. The number of benzene rings is 1. The molecule has 4 rings (SSSR count). The fourth-order valence-corrected chi connectivity index (χ4v) is 6.03. The zero-order valence-electron chi connectivity index (χ0n) is 14.7. The van der Waals surface area contributed by atoms with Crippen LogP contribution in [0.5, 0.6) is 0 Å². The minimum Gasteiger partial charge on any atom is -0.366 e. The van der Waals surface area contributed by atoms with Gasteiger partial charge in [-0.3, -0.25) is 4.79 Å². The number of alkyl halides is 2. The van der Waals surface area contributed by atoms with Gasteiger partial charge in [-0.25, -0.2) is 17.2 Å². The lowest BCUT2D eigenvalue weighted by atomic mass is 9.91. The second kappa shape index (κ2) is 6.97. The monoisotopic (exact) mass is 424 g/mol. The van der Waals surface area contributed by atoms with Gasteiger partial charge in [-0.1, -0.05) is 0 Å². The summed E-state index contributed by atoms with van der Waals surface area (Å²) in [5.74, 6) is -0.299. The Hall–Kier alpha value is -2.26. The van der Waals surface area contributed by atoms with Gasteiger partial charge in [0.15, 0.2) is 0 Å². The maximum absolute atomic E-state index is 13.0. The van der Waals surface area contributed by atoms with Crippen molar-refractivity contribution in [3.8, 4) is 11.1 Å². The molecule has 28 heavy (non-hydrogen) atoms. The second-order valence-electron chi connectivity index (χ2n) is 7.02. The smallest absolute Gasteiger partial charge is 0.272 e. The Morgan fingerprint density at radius 1 is 1.18 bits per heavy atom. The quantitative estimate of drug-likeness (QED) is 0.657. The number of thiophene rings is 1. The van der Waals surface area contributed by atoms with Gasteiger partial charge in [0.1, 0.15) is 9.84 Å². The average molecular weight is 424 g/mol. The predicted octanol–water partition coefficient (Wildman–Crippen LogP) is 4.23. The van der Waals surface area contributed by atoms with Crippen LogP contribution in [0.3, 0.4) is 0 Å². The number of halogens is 2. The average Bonchev–Trinajstić information content (AvgIpc) is 3.28. The van der Waals surface area contributed by atoms with Crippen LogP contribution < -0.4 is 5.73 Å². The summed E-state index contributed by atoms with van der Waals surface area (Å²) in [6.45, 7) is 0. The van der Waals surface area contributed by atoms with E-state index in [4.69, 9.17) is 5.73 Å². The van der Waals surface area contributed by atoms with Crippen LogP contribution in [0.15, 0.2) is 29.8 Å². The molecule has 0 saturated carbocycles. The Labute approximate surface area is 164 Å². The number of primary amides is 1. The lowest BCUT2D eigenvalue weighted by Crippen LogP contribution is -2.22. The van der Waals surface area contributed by atoms with Gasteiger partial charge in [0.05, 0.1) is 27.5 Å².